The summed E-state index contributed by atoms with van der Waals surface area (Å²) in [6.07, 6.45) is 3.08. The predicted molar refractivity (Wildman–Crippen MR) is 45.2 cm³/mol. The van der Waals surface area contributed by atoms with Gasteiger partial charge in [0.2, 0.25) is 0 Å². The average molecular weight is 177 g/mol. The summed E-state index contributed by atoms with van der Waals surface area (Å²) in [4.78, 5) is 15.2. The number of esters is 1. The summed E-state index contributed by atoms with van der Waals surface area (Å²) in [6.45, 7) is 0. The second-order valence-electron chi connectivity index (χ2n) is 2.48. The molecule has 2 aromatic rings. The summed E-state index contributed by atoms with van der Waals surface area (Å²) in [5.41, 5.74) is 1.06. The zero-order chi connectivity index (χ0) is 9.26. The van der Waals surface area contributed by atoms with E-state index in [1.165, 1.54) is 13.3 Å². The van der Waals surface area contributed by atoms with Crippen molar-refractivity contribution in [2.45, 2.75) is 0 Å². The molecule has 0 saturated heterocycles. The van der Waals surface area contributed by atoms with Crippen molar-refractivity contribution in [3.05, 3.63) is 24.0 Å². The van der Waals surface area contributed by atoms with Crippen LogP contribution in [-0.2, 0) is 4.74 Å². The molecule has 0 aromatic carbocycles. The van der Waals surface area contributed by atoms with Crippen molar-refractivity contribution >= 4 is 17.0 Å². The zero-order valence-corrected chi connectivity index (χ0v) is 6.94. The van der Waals surface area contributed by atoms with E-state index in [0.717, 1.165) is 0 Å². The second kappa shape index (κ2) is 2.85. The summed E-state index contributed by atoms with van der Waals surface area (Å²) >= 11 is 0. The Morgan fingerprint density at radius 1 is 1.62 bits per heavy atom. The monoisotopic (exact) mass is 177 g/mol. The van der Waals surface area contributed by atoms with Crippen molar-refractivity contribution in [2.24, 2.45) is 0 Å². The molecule has 0 bridgehead atoms. The first-order chi connectivity index (χ1) is 6.33. The molecule has 5 heteroatoms. The van der Waals surface area contributed by atoms with E-state index in [4.69, 9.17) is 0 Å². The molecule has 5 nitrogen and oxygen atoms in total. The third-order valence-electron chi connectivity index (χ3n) is 1.76. The van der Waals surface area contributed by atoms with Gasteiger partial charge in [0, 0.05) is 6.20 Å². The lowest BCUT2D eigenvalue weighted by Crippen LogP contribution is -2.01. The molecule has 0 aliphatic rings. The van der Waals surface area contributed by atoms with Gasteiger partial charge in [0.25, 0.3) is 0 Å². The molecule has 0 aliphatic heterocycles. The standard InChI is InChI=1S/C8H7N3O2/c1-13-8(12)5-2-3-9-7-6(5)4-10-11-7/h2-4H,1H3,(H,9,10,11). The van der Waals surface area contributed by atoms with Crippen LogP contribution in [-0.4, -0.2) is 28.3 Å². The topological polar surface area (TPSA) is 67.9 Å². The minimum absolute atomic E-state index is 0.381. The number of hydrogen-bond donors (Lipinski definition) is 1. The maximum atomic E-state index is 11.2. The molecule has 1 N–H and O–H groups in total. The fourth-order valence-corrected chi connectivity index (χ4v) is 1.14. The predicted octanol–water partition coefficient (Wildman–Crippen LogP) is 0.744. The van der Waals surface area contributed by atoms with Crippen LogP contribution in [0.3, 0.4) is 0 Å². The minimum Gasteiger partial charge on any atom is -0.465 e. The number of methoxy groups -OCH3 is 1. The summed E-state index contributed by atoms with van der Waals surface area (Å²) in [7, 11) is 1.34. The van der Waals surface area contributed by atoms with Crippen LogP contribution < -0.4 is 0 Å². The summed E-state index contributed by atoms with van der Waals surface area (Å²) < 4.78 is 4.61. The number of nitrogens with one attached hydrogen (secondary N) is 1. The molecule has 0 fully saturated rings. The molecular weight excluding hydrogens is 170 g/mol. The van der Waals surface area contributed by atoms with Crippen LogP contribution >= 0.6 is 0 Å². The Hall–Kier alpha value is -1.91. The lowest BCUT2D eigenvalue weighted by molar-refractivity contribution is 0.0603. The van der Waals surface area contributed by atoms with E-state index in [9.17, 15) is 4.79 Å². The van der Waals surface area contributed by atoms with Gasteiger partial charge in [-0.05, 0) is 6.07 Å². The lowest BCUT2D eigenvalue weighted by atomic mass is 10.2. The zero-order valence-electron chi connectivity index (χ0n) is 6.94. The van der Waals surface area contributed by atoms with E-state index in [0.29, 0.717) is 16.6 Å². The normalized spacial score (nSPS) is 10.2. The quantitative estimate of drug-likeness (QED) is 0.652. The van der Waals surface area contributed by atoms with Gasteiger partial charge in [-0.2, -0.15) is 5.10 Å². The molecule has 0 radical (unpaired) electrons. The Bertz CT molecular complexity index is 449. The van der Waals surface area contributed by atoms with E-state index >= 15 is 0 Å². The highest BCUT2D eigenvalue weighted by atomic mass is 16.5. The minimum atomic E-state index is -0.381. The molecular formula is C8H7N3O2. The van der Waals surface area contributed by atoms with Gasteiger partial charge in [-0.3, -0.25) is 5.10 Å². The van der Waals surface area contributed by atoms with Gasteiger partial charge >= 0.3 is 5.97 Å². The Balaban J connectivity index is 2.67. The first-order valence-corrected chi connectivity index (χ1v) is 3.69. The number of nitrogens with zero attached hydrogens (tertiary/aromatic N) is 2. The summed E-state index contributed by atoms with van der Waals surface area (Å²) in [6, 6.07) is 1.60. The van der Waals surface area contributed by atoms with Crippen LogP contribution in [0.5, 0.6) is 0 Å². The largest absolute Gasteiger partial charge is 0.465 e. The molecule has 2 aromatic heterocycles. The fraction of sp³-hybridized carbons (Fsp3) is 0.125. The Kier molecular flexibility index (Phi) is 1.70. The van der Waals surface area contributed by atoms with E-state index < -0.39 is 0 Å². The van der Waals surface area contributed by atoms with Crippen LogP contribution in [0.4, 0.5) is 0 Å². The number of fused-ring (bicyclic) bond motifs is 1. The van der Waals surface area contributed by atoms with Gasteiger partial charge in [-0.25, -0.2) is 9.78 Å². The van der Waals surface area contributed by atoms with Gasteiger partial charge in [-0.15, -0.1) is 0 Å². The van der Waals surface area contributed by atoms with Crippen LogP contribution in [0.2, 0.25) is 0 Å². The number of carbonyl (C=O) groups is 1. The van der Waals surface area contributed by atoms with E-state index in [2.05, 4.69) is 19.9 Å². The number of aromatic amines is 1. The van der Waals surface area contributed by atoms with Crippen LogP contribution in [0.15, 0.2) is 18.5 Å². The van der Waals surface area contributed by atoms with Gasteiger partial charge in [0.15, 0.2) is 5.65 Å². The second-order valence-corrected chi connectivity index (χ2v) is 2.48. The number of aromatic nitrogens is 3. The van der Waals surface area contributed by atoms with E-state index in [1.807, 2.05) is 0 Å². The smallest absolute Gasteiger partial charge is 0.338 e. The van der Waals surface area contributed by atoms with Crippen molar-refractivity contribution in [2.75, 3.05) is 7.11 Å². The van der Waals surface area contributed by atoms with E-state index in [-0.39, 0.29) is 5.97 Å². The number of pyridine rings is 1. The highest BCUT2D eigenvalue weighted by Crippen LogP contribution is 2.13. The van der Waals surface area contributed by atoms with Crippen LogP contribution in [0, 0.1) is 0 Å². The highest BCUT2D eigenvalue weighted by molar-refractivity contribution is 6.02. The maximum Gasteiger partial charge on any atom is 0.338 e. The average Bonchev–Trinajstić information content (AvgIpc) is 2.63. The Labute approximate surface area is 73.7 Å². The molecule has 13 heavy (non-hydrogen) atoms. The van der Waals surface area contributed by atoms with Crippen LogP contribution in [0.1, 0.15) is 10.4 Å². The molecule has 0 aliphatic carbocycles. The first kappa shape index (κ1) is 7.72. The Morgan fingerprint density at radius 3 is 3.23 bits per heavy atom. The van der Waals surface area contributed by atoms with Gasteiger partial charge < -0.3 is 4.74 Å². The van der Waals surface area contributed by atoms with Crippen molar-refractivity contribution in [1.29, 1.82) is 0 Å². The molecule has 66 valence electrons. The molecule has 0 atom stereocenters. The van der Waals surface area contributed by atoms with Crippen molar-refractivity contribution in [3.8, 4) is 0 Å². The molecule has 0 unspecified atom stereocenters. The van der Waals surface area contributed by atoms with Gasteiger partial charge in [0.1, 0.15) is 0 Å². The molecule has 0 amide bonds. The van der Waals surface area contributed by atoms with Crippen molar-refractivity contribution in [3.63, 3.8) is 0 Å². The molecule has 2 heterocycles. The number of ether oxygens (including phenoxy) is 1. The third-order valence-corrected chi connectivity index (χ3v) is 1.76. The number of hydrogen-bond acceptors (Lipinski definition) is 4. The summed E-state index contributed by atoms with van der Waals surface area (Å²) in [5.74, 6) is -0.381. The van der Waals surface area contributed by atoms with Crippen molar-refractivity contribution in [1.82, 2.24) is 15.2 Å². The van der Waals surface area contributed by atoms with Gasteiger partial charge in [0.05, 0.1) is 24.3 Å². The maximum absolute atomic E-state index is 11.2. The first-order valence-electron chi connectivity index (χ1n) is 3.69. The number of carbonyl (C=O) groups excluding carboxylic acids is 1. The SMILES string of the molecule is COC(=O)c1ccnc2[nH]ncc12. The number of H-pyrrole nitrogens is 1. The van der Waals surface area contributed by atoms with E-state index in [1.54, 1.807) is 12.3 Å². The van der Waals surface area contributed by atoms with Gasteiger partial charge in [-0.1, -0.05) is 0 Å². The highest BCUT2D eigenvalue weighted by Gasteiger charge is 2.10. The molecule has 0 spiro atoms. The van der Waals surface area contributed by atoms with Crippen LogP contribution in [0.25, 0.3) is 11.0 Å². The molecule has 0 saturated carbocycles. The number of rotatable bonds is 1. The lowest BCUT2D eigenvalue weighted by Gasteiger charge is -1.98. The Morgan fingerprint density at radius 2 is 2.46 bits per heavy atom. The van der Waals surface area contributed by atoms with Crippen molar-refractivity contribution < 1.29 is 9.53 Å². The fourth-order valence-electron chi connectivity index (χ4n) is 1.14. The summed E-state index contributed by atoms with van der Waals surface area (Å²) in [5, 5.41) is 7.13. The molecule has 2 rings (SSSR count). The third kappa shape index (κ3) is 1.14.